The summed E-state index contributed by atoms with van der Waals surface area (Å²) in [6.45, 7) is 5.56. The van der Waals surface area contributed by atoms with Crippen molar-refractivity contribution in [2.75, 3.05) is 5.32 Å². The van der Waals surface area contributed by atoms with Crippen molar-refractivity contribution in [2.24, 2.45) is 12.0 Å². The van der Waals surface area contributed by atoms with Crippen LogP contribution in [0.2, 0.25) is 0 Å². The van der Waals surface area contributed by atoms with Gasteiger partial charge in [-0.05, 0) is 51.1 Å². The van der Waals surface area contributed by atoms with Gasteiger partial charge < -0.3 is 9.73 Å². The molecule has 34 heavy (non-hydrogen) atoms. The summed E-state index contributed by atoms with van der Waals surface area (Å²) < 4.78 is 9.75. The third-order valence-electron chi connectivity index (χ3n) is 5.89. The first-order chi connectivity index (χ1) is 16.3. The summed E-state index contributed by atoms with van der Waals surface area (Å²) in [4.78, 5) is 32.2. The summed E-state index contributed by atoms with van der Waals surface area (Å²) in [5.74, 6) is 0.875. The van der Waals surface area contributed by atoms with Crippen molar-refractivity contribution >= 4 is 29.0 Å². The van der Waals surface area contributed by atoms with Gasteiger partial charge in [0, 0.05) is 24.0 Å². The summed E-state index contributed by atoms with van der Waals surface area (Å²) in [6, 6.07) is 12.1. The van der Waals surface area contributed by atoms with Crippen molar-refractivity contribution in [3.05, 3.63) is 102 Å². The number of hydrogen-bond donors (Lipinski definition) is 1. The van der Waals surface area contributed by atoms with Crippen molar-refractivity contribution in [2.45, 2.75) is 26.8 Å². The van der Waals surface area contributed by atoms with Gasteiger partial charge in [0.15, 0.2) is 4.80 Å². The monoisotopic (exact) mass is 473 g/mol. The van der Waals surface area contributed by atoms with Crippen LogP contribution in [0.15, 0.2) is 74.1 Å². The number of nitrogens with one attached hydrogen (secondary N) is 1. The first kappa shape index (κ1) is 21.8. The fraction of sp³-hybridized carbons (Fsp3) is 0.200. The van der Waals surface area contributed by atoms with Crippen molar-refractivity contribution in [1.29, 1.82) is 0 Å². The molecule has 1 aromatic carbocycles. The molecule has 1 aliphatic heterocycles. The van der Waals surface area contributed by atoms with Crippen molar-refractivity contribution in [3.63, 3.8) is 0 Å². The van der Waals surface area contributed by atoms with Crippen molar-refractivity contribution < 1.29 is 9.21 Å². The molecule has 0 spiro atoms. The number of carbonyl (C=O) groups excluding carboxylic acids is 1. The van der Waals surface area contributed by atoms with Crippen LogP contribution < -0.4 is 20.2 Å². The van der Waals surface area contributed by atoms with Crippen LogP contribution in [-0.4, -0.2) is 20.3 Å². The molecule has 1 atom stereocenters. The van der Waals surface area contributed by atoms with Crippen LogP contribution in [0, 0.1) is 13.8 Å². The van der Waals surface area contributed by atoms with E-state index in [1.54, 1.807) is 28.4 Å². The number of allylic oxidation sites excluding steroid dienone is 1. The Morgan fingerprint density at radius 1 is 1.15 bits per heavy atom. The van der Waals surface area contributed by atoms with Gasteiger partial charge in [-0.1, -0.05) is 29.5 Å². The van der Waals surface area contributed by atoms with Gasteiger partial charge in [-0.3, -0.25) is 18.8 Å². The maximum absolute atomic E-state index is 13.6. The maximum atomic E-state index is 13.6. The van der Waals surface area contributed by atoms with Crippen LogP contribution in [0.25, 0.3) is 6.08 Å². The van der Waals surface area contributed by atoms with E-state index < -0.39 is 6.04 Å². The molecule has 9 heteroatoms. The normalized spacial score (nSPS) is 15.9. The SMILES string of the molecule is CC1=C(C(=O)Nc2ccccc2)C(c2ccc(C)o2)n2c(s/c(=C/c3cnn(C)c3C)c2=O)=N1. The number of benzene rings is 1. The predicted octanol–water partition coefficient (Wildman–Crippen LogP) is 2.82. The van der Waals surface area contributed by atoms with Crippen LogP contribution in [-0.2, 0) is 11.8 Å². The van der Waals surface area contributed by atoms with Gasteiger partial charge in [0.2, 0.25) is 0 Å². The van der Waals surface area contributed by atoms with Gasteiger partial charge in [0.25, 0.3) is 11.5 Å². The van der Waals surface area contributed by atoms with E-state index in [0.717, 1.165) is 11.3 Å². The molecule has 0 bridgehead atoms. The van der Waals surface area contributed by atoms with Gasteiger partial charge in [-0.25, -0.2) is 4.99 Å². The van der Waals surface area contributed by atoms with Crippen LogP contribution in [0.4, 0.5) is 5.69 Å². The standard InChI is InChI=1S/C25H23N5O3S/c1-14-10-11-19(33-14)22-21(23(31)28-18-8-6-5-7-9-18)15(2)27-25-30(22)24(32)20(34-25)12-17-13-26-29(4)16(17)3/h5-13,22H,1-4H3,(H,28,31)/b20-12+. The minimum atomic E-state index is -0.731. The molecule has 1 aliphatic rings. The van der Waals surface area contributed by atoms with Crippen molar-refractivity contribution in [1.82, 2.24) is 14.3 Å². The number of thiazole rings is 1. The molecular formula is C25H23N5O3S. The Labute approximate surface area is 199 Å². The second-order valence-electron chi connectivity index (χ2n) is 8.16. The van der Waals surface area contributed by atoms with Gasteiger partial charge in [0.1, 0.15) is 17.6 Å². The molecule has 1 amide bonds. The summed E-state index contributed by atoms with van der Waals surface area (Å²) in [5.41, 5.74) is 3.14. The third-order valence-corrected chi connectivity index (χ3v) is 6.87. The molecule has 0 radical (unpaired) electrons. The maximum Gasteiger partial charge on any atom is 0.271 e. The zero-order valence-corrected chi connectivity index (χ0v) is 20.0. The molecule has 4 heterocycles. The largest absolute Gasteiger partial charge is 0.464 e. The average Bonchev–Trinajstić information content (AvgIpc) is 3.47. The lowest BCUT2D eigenvalue weighted by molar-refractivity contribution is -0.113. The summed E-state index contributed by atoms with van der Waals surface area (Å²) in [7, 11) is 1.86. The summed E-state index contributed by atoms with van der Waals surface area (Å²) in [6.07, 6.45) is 3.55. The fourth-order valence-electron chi connectivity index (χ4n) is 4.00. The Bertz CT molecular complexity index is 1620. The van der Waals surface area contributed by atoms with E-state index >= 15 is 0 Å². The van der Waals surface area contributed by atoms with Gasteiger partial charge >= 0.3 is 0 Å². The van der Waals surface area contributed by atoms with Gasteiger partial charge in [0.05, 0.1) is 22.0 Å². The number of furan rings is 1. The minimum absolute atomic E-state index is 0.233. The second-order valence-corrected chi connectivity index (χ2v) is 9.17. The first-order valence-electron chi connectivity index (χ1n) is 10.8. The summed E-state index contributed by atoms with van der Waals surface area (Å²) >= 11 is 1.29. The number of rotatable bonds is 4. The minimum Gasteiger partial charge on any atom is -0.464 e. The van der Waals surface area contributed by atoms with E-state index in [1.807, 2.05) is 63.4 Å². The zero-order valence-electron chi connectivity index (χ0n) is 19.2. The Morgan fingerprint density at radius 2 is 1.91 bits per heavy atom. The highest BCUT2D eigenvalue weighted by Crippen LogP contribution is 2.31. The number of para-hydroxylation sites is 1. The number of anilines is 1. The van der Waals surface area contributed by atoms with Gasteiger partial charge in [-0.2, -0.15) is 5.10 Å². The Hall–Kier alpha value is -3.98. The smallest absolute Gasteiger partial charge is 0.271 e. The van der Waals surface area contributed by atoms with Crippen LogP contribution in [0.5, 0.6) is 0 Å². The topological polar surface area (TPSA) is 94.4 Å². The van der Waals surface area contributed by atoms with Crippen molar-refractivity contribution in [3.8, 4) is 0 Å². The molecule has 8 nitrogen and oxygen atoms in total. The highest BCUT2D eigenvalue weighted by atomic mass is 32.1. The zero-order chi connectivity index (χ0) is 24.0. The predicted molar refractivity (Wildman–Crippen MR) is 130 cm³/mol. The Kier molecular flexibility index (Phi) is 5.41. The lowest BCUT2D eigenvalue weighted by Gasteiger charge is -2.23. The average molecular weight is 474 g/mol. The molecule has 0 saturated carbocycles. The number of aromatic nitrogens is 3. The number of nitrogens with zero attached hydrogens (tertiary/aromatic N) is 4. The Balaban J connectivity index is 1.68. The van der Waals surface area contributed by atoms with E-state index in [-0.39, 0.29) is 11.5 Å². The highest BCUT2D eigenvalue weighted by molar-refractivity contribution is 7.07. The highest BCUT2D eigenvalue weighted by Gasteiger charge is 2.34. The lowest BCUT2D eigenvalue weighted by Crippen LogP contribution is -2.40. The molecule has 4 aromatic rings. The third kappa shape index (κ3) is 3.73. The molecule has 1 N–H and O–H groups in total. The molecule has 1 unspecified atom stereocenters. The lowest BCUT2D eigenvalue weighted by atomic mass is 10.00. The van der Waals surface area contributed by atoms with Crippen LogP contribution in [0.3, 0.4) is 0 Å². The first-order valence-corrected chi connectivity index (χ1v) is 11.6. The van der Waals surface area contributed by atoms with Gasteiger partial charge in [-0.15, -0.1) is 0 Å². The number of fused-ring (bicyclic) bond motifs is 1. The molecule has 172 valence electrons. The molecule has 3 aromatic heterocycles. The molecule has 0 fully saturated rings. The molecular weight excluding hydrogens is 450 g/mol. The van der Waals surface area contributed by atoms with E-state index in [1.165, 1.54) is 11.3 Å². The van der Waals surface area contributed by atoms with E-state index in [9.17, 15) is 9.59 Å². The number of aryl methyl sites for hydroxylation is 2. The van der Waals surface area contributed by atoms with Crippen LogP contribution in [0.1, 0.15) is 35.7 Å². The van der Waals surface area contributed by atoms with E-state index in [2.05, 4.69) is 15.4 Å². The number of hydrogen-bond acceptors (Lipinski definition) is 6. The Morgan fingerprint density at radius 3 is 2.56 bits per heavy atom. The fourth-order valence-corrected chi connectivity index (χ4v) is 5.04. The molecule has 0 saturated heterocycles. The van der Waals surface area contributed by atoms with Crippen LogP contribution >= 0.6 is 11.3 Å². The molecule has 0 aliphatic carbocycles. The summed E-state index contributed by atoms with van der Waals surface area (Å²) in [5, 5.41) is 7.18. The molecule has 5 rings (SSSR count). The van der Waals surface area contributed by atoms with E-state index in [4.69, 9.17) is 4.42 Å². The number of carbonyl (C=O) groups is 1. The second kappa shape index (κ2) is 8.42. The quantitative estimate of drug-likeness (QED) is 0.493. The number of amides is 1. The van der Waals surface area contributed by atoms with E-state index in [0.29, 0.717) is 37.8 Å².